The van der Waals surface area contributed by atoms with E-state index in [1.807, 2.05) is 31.2 Å². The number of rotatable bonds is 5. The summed E-state index contributed by atoms with van der Waals surface area (Å²) in [6.45, 7) is 6.81. The highest BCUT2D eigenvalue weighted by atomic mass is 16.2. The van der Waals surface area contributed by atoms with Crippen molar-refractivity contribution in [3.8, 4) is 0 Å². The number of aryl methyl sites for hydroxylation is 3. The smallest absolute Gasteiger partial charge is 0.241 e. The van der Waals surface area contributed by atoms with Crippen LogP contribution in [-0.4, -0.2) is 12.5 Å². The fraction of sp³-hybridized carbons (Fsp3) is 0.316. The van der Waals surface area contributed by atoms with Crippen molar-refractivity contribution in [2.24, 2.45) is 5.73 Å². The molecule has 2 aromatic carbocycles. The molecule has 0 bridgehead atoms. The van der Waals surface area contributed by atoms with Crippen LogP contribution < -0.4 is 11.1 Å². The third-order valence-corrected chi connectivity index (χ3v) is 4.04. The van der Waals surface area contributed by atoms with Crippen LogP contribution in [0.1, 0.15) is 33.9 Å². The Balaban J connectivity index is 1.91. The summed E-state index contributed by atoms with van der Waals surface area (Å²) in [5.74, 6) is -0.130. The lowest BCUT2D eigenvalue weighted by Crippen LogP contribution is -2.35. The predicted octanol–water partition coefficient (Wildman–Crippen LogP) is 2.97. The molecule has 0 spiro atoms. The molecule has 1 amide bonds. The standard InChI is InChI=1S/C19H24N2O/c1-13-7-9-16(10-8-13)18(20)19(22)21-12-11-17-14(2)5-4-6-15(17)3/h4-10,18H,11-12,20H2,1-3H3,(H,21,22). The molecular formula is C19H24N2O. The largest absolute Gasteiger partial charge is 0.354 e. The van der Waals surface area contributed by atoms with Crippen LogP contribution in [0.25, 0.3) is 0 Å². The van der Waals surface area contributed by atoms with Crippen molar-refractivity contribution in [3.05, 3.63) is 70.3 Å². The molecule has 3 heteroatoms. The predicted molar refractivity (Wildman–Crippen MR) is 90.7 cm³/mol. The minimum atomic E-state index is -0.612. The van der Waals surface area contributed by atoms with Crippen LogP contribution in [0.5, 0.6) is 0 Å². The quantitative estimate of drug-likeness (QED) is 0.891. The van der Waals surface area contributed by atoms with Crippen molar-refractivity contribution in [1.29, 1.82) is 0 Å². The van der Waals surface area contributed by atoms with E-state index in [4.69, 9.17) is 5.73 Å². The van der Waals surface area contributed by atoms with Gasteiger partial charge < -0.3 is 11.1 Å². The van der Waals surface area contributed by atoms with Crippen molar-refractivity contribution in [2.45, 2.75) is 33.2 Å². The molecule has 3 N–H and O–H groups in total. The van der Waals surface area contributed by atoms with Gasteiger partial charge in [0.05, 0.1) is 0 Å². The molecular weight excluding hydrogens is 272 g/mol. The van der Waals surface area contributed by atoms with Crippen molar-refractivity contribution < 1.29 is 4.79 Å². The molecule has 3 nitrogen and oxygen atoms in total. The number of carbonyl (C=O) groups excluding carboxylic acids is 1. The molecule has 0 aliphatic carbocycles. The van der Waals surface area contributed by atoms with Crippen LogP contribution in [0, 0.1) is 20.8 Å². The molecule has 0 fully saturated rings. The van der Waals surface area contributed by atoms with Crippen LogP contribution in [-0.2, 0) is 11.2 Å². The second-order valence-electron chi connectivity index (χ2n) is 5.80. The number of hydrogen-bond acceptors (Lipinski definition) is 2. The van der Waals surface area contributed by atoms with E-state index in [1.54, 1.807) is 0 Å². The Morgan fingerprint density at radius 2 is 1.64 bits per heavy atom. The van der Waals surface area contributed by atoms with E-state index < -0.39 is 6.04 Å². The number of carbonyl (C=O) groups is 1. The van der Waals surface area contributed by atoms with Crippen molar-refractivity contribution in [3.63, 3.8) is 0 Å². The van der Waals surface area contributed by atoms with Crippen LogP contribution in [0.4, 0.5) is 0 Å². The number of benzene rings is 2. The molecule has 0 aliphatic rings. The average Bonchev–Trinajstić information content (AvgIpc) is 2.50. The lowest BCUT2D eigenvalue weighted by Gasteiger charge is -2.14. The molecule has 1 unspecified atom stereocenters. The van der Waals surface area contributed by atoms with Gasteiger partial charge in [-0.1, -0.05) is 48.0 Å². The first kappa shape index (κ1) is 16.2. The Morgan fingerprint density at radius 3 is 2.23 bits per heavy atom. The van der Waals surface area contributed by atoms with Crippen molar-refractivity contribution in [2.75, 3.05) is 6.54 Å². The molecule has 1 atom stereocenters. The molecule has 0 saturated heterocycles. The van der Waals surface area contributed by atoms with Gasteiger partial charge in [0.25, 0.3) is 0 Å². The van der Waals surface area contributed by atoms with E-state index in [9.17, 15) is 4.79 Å². The molecule has 0 saturated carbocycles. The van der Waals surface area contributed by atoms with Crippen LogP contribution in [0.15, 0.2) is 42.5 Å². The van der Waals surface area contributed by atoms with Crippen LogP contribution in [0.2, 0.25) is 0 Å². The topological polar surface area (TPSA) is 55.1 Å². The van der Waals surface area contributed by atoms with Gasteiger partial charge in [0.2, 0.25) is 5.91 Å². The molecule has 22 heavy (non-hydrogen) atoms. The van der Waals surface area contributed by atoms with E-state index in [0.29, 0.717) is 6.54 Å². The summed E-state index contributed by atoms with van der Waals surface area (Å²) in [5.41, 5.74) is 11.8. The summed E-state index contributed by atoms with van der Waals surface area (Å²) in [6.07, 6.45) is 0.824. The third kappa shape index (κ3) is 3.95. The molecule has 116 valence electrons. The Kier molecular flexibility index (Phi) is 5.34. The minimum absolute atomic E-state index is 0.130. The Hall–Kier alpha value is -2.13. The summed E-state index contributed by atoms with van der Waals surface area (Å²) in [7, 11) is 0. The summed E-state index contributed by atoms with van der Waals surface area (Å²) >= 11 is 0. The van der Waals surface area contributed by atoms with Crippen molar-refractivity contribution >= 4 is 5.91 Å². The summed E-state index contributed by atoms with van der Waals surface area (Å²) in [6, 6.07) is 13.4. The van der Waals surface area contributed by atoms with Gasteiger partial charge in [0.1, 0.15) is 6.04 Å². The first-order valence-electron chi connectivity index (χ1n) is 7.64. The lowest BCUT2D eigenvalue weighted by atomic mass is 10.00. The number of nitrogens with two attached hydrogens (primary N) is 1. The average molecular weight is 296 g/mol. The van der Waals surface area contributed by atoms with Gasteiger partial charge in [-0.2, -0.15) is 0 Å². The van der Waals surface area contributed by atoms with Gasteiger partial charge in [0, 0.05) is 6.54 Å². The number of amides is 1. The van der Waals surface area contributed by atoms with Gasteiger partial charge in [-0.3, -0.25) is 4.79 Å². The Morgan fingerprint density at radius 1 is 1.05 bits per heavy atom. The molecule has 0 aliphatic heterocycles. The molecule has 0 radical (unpaired) electrons. The second kappa shape index (κ2) is 7.23. The zero-order valence-corrected chi connectivity index (χ0v) is 13.5. The maximum absolute atomic E-state index is 12.2. The van der Waals surface area contributed by atoms with Gasteiger partial charge in [-0.25, -0.2) is 0 Å². The highest BCUT2D eigenvalue weighted by molar-refractivity contribution is 5.82. The van der Waals surface area contributed by atoms with Gasteiger partial charge in [-0.05, 0) is 49.4 Å². The SMILES string of the molecule is Cc1ccc(C(N)C(=O)NCCc2c(C)cccc2C)cc1. The molecule has 2 rings (SSSR count). The minimum Gasteiger partial charge on any atom is -0.354 e. The van der Waals surface area contributed by atoms with E-state index in [1.165, 1.54) is 16.7 Å². The second-order valence-corrected chi connectivity index (χ2v) is 5.80. The summed E-state index contributed by atoms with van der Waals surface area (Å²) in [4.78, 5) is 12.2. The fourth-order valence-corrected chi connectivity index (χ4v) is 2.59. The molecule has 2 aromatic rings. The third-order valence-electron chi connectivity index (χ3n) is 4.04. The zero-order valence-electron chi connectivity index (χ0n) is 13.5. The van der Waals surface area contributed by atoms with Crippen LogP contribution >= 0.6 is 0 Å². The first-order chi connectivity index (χ1) is 10.5. The zero-order chi connectivity index (χ0) is 16.1. The summed E-state index contributed by atoms with van der Waals surface area (Å²) in [5, 5.41) is 2.93. The monoisotopic (exact) mass is 296 g/mol. The van der Waals surface area contributed by atoms with Gasteiger partial charge in [-0.15, -0.1) is 0 Å². The van der Waals surface area contributed by atoms with Crippen molar-refractivity contribution in [1.82, 2.24) is 5.32 Å². The van der Waals surface area contributed by atoms with E-state index in [2.05, 4.69) is 37.4 Å². The van der Waals surface area contributed by atoms with Gasteiger partial charge in [0.15, 0.2) is 0 Å². The summed E-state index contributed by atoms with van der Waals surface area (Å²) < 4.78 is 0. The molecule has 0 aromatic heterocycles. The highest BCUT2D eigenvalue weighted by Gasteiger charge is 2.15. The highest BCUT2D eigenvalue weighted by Crippen LogP contribution is 2.14. The van der Waals surface area contributed by atoms with E-state index >= 15 is 0 Å². The number of hydrogen-bond donors (Lipinski definition) is 2. The Labute approximate surface area is 132 Å². The lowest BCUT2D eigenvalue weighted by molar-refractivity contribution is -0.122. The number of nitrogens with one attached hydrogen (secondary N) is 1. The normalized spacial score (nSPS) is 12.0. The Bertz CT molecular complexity index is 627. The maximum atomic E-state index is 12.2. The fourth-order valence-electron chi connectivity index (χ4n) is 2.59. The first-order valence-corrected chi connectivity index (χ1v) is 7.64. The molecule has 0 heterocycles. The van der Waals surface area contributed by atoms with E-state index in [0.717, 1.165) is 17.5 Å². The van der Waals surface area contributed by atoms with Crippen LogP contribution in [0.3, 0.4) is 0 Å². The van der Waals surface area contributed by atoms with Gasteiger partial charge >= 0.3 is 0 Å². The maximum Gasteiger partial charge on any atom is 0.241 e. The van der Waals surface area contributed by atoms with E-state index in [-0.39, 0.29) is 5.91 Å².